The van der Waals surface area contributed by atoms with Gasteiger partial charge in [0.15, 0.2) is 5.82 Å². The number of hydrogen-bond acceptors (Lipinski definition) is 8. The van der Waals surface area contributed by atoms with E-state index in [9.17, 15) is 9.83 Å². The molecule has 0 fully saturated rings. The number of nitrogens with two attached hydrogens (primary N) is 1. The van der Waals surface area contributed by atoms with Crippen molar-refractivity contribution in [2.24, 2.45) is 5.73 Å². The average Bonchev–Trinajstić information content (AvgIpc) is 3.48. The van der Waals surface area contributed by atoms with Crippen LogP contribution in [0.3, 0.4) is 0 Å². The van der Waals surface area contributed by atoms with E-state index in [2.05, 4.69) is 33.7 Å². The summed E-state index contributed by atoms with van der Waals surface area (Å²) < 4.78 is 28.3. The van der Waals surface area contributed by atoms with E-state index >= 15 is 0 Å². The molecule has 2 N–H and O–H groups in total. The molecule has 0 bridgehead atoms. The summed E-state index contributed by atoms with van der Waals surface area (Å²) in [6.07, 6.45) is 0.550. The van der Waals surface area contributed by atoms with Crippen molar-refractivity contribution >= 4 is 7.60 Å². The van der Waals surface area contributed by atoms with E-state index in [0.29, 0.717) is 23.7 Å². The molecule has 206 valence electrons. The van der Waals surface area contributed by atoms with Crippen LogP contribution in [0.5, 0.6) is 11.5 Å². The number of aromatic nitrogens is 4. The topological polar surface area (TPSA) is 129 Å². The van der Waals surface area contributed by atoms with Crippen LogP contribution in [0.2, 0.25) is 0 Å². The number of nitrogens with zero attached hydrogens (tertiary/aromatic N) is 5. The third-order valence-corrected chi connectivity index (χ3v) is 8.59. The molecule has 10 heteroatoms. The molecule has 5 aromatic rings. The lowest BCUT2D eigenvalue weighted by Gasteiger charge is -2.30. The first kappa shape index (κ1) is 27.8. The zero-order valence-electron chi connectivity index (χ0n) is 22.2. The summed E-state index contributed by atoms with van der Waals surface area (Å²) in [6.45, 7) is 0.262. The highest BCUT2D eigenvalue weighted by Crippen LogP contribution is 2.55. The highest BCUT2D eigenvalue weighted by Gasteiger charge is 2.44. The number of benzene rings is 4. The molecule has 0 saturated heterocycles. The summed E-state index contributed by atoms with van der Waals surface area (Å²) in [5.41, 5.74) is 9.97. The summed E-state index contributed by atoms with van der Waals surface area (Å²) >= 11 is 0. The zero-order chi connectivity index (χ0) is 28.5. The van der Waals surface area contributed by atoms with Crippen LogP contribution < -0.4 is 14.8 Å². The monoisotopic (exact) mass is 564 g/mol. The highest BCUT2D eigenvalue weighted by atomic mass is 31.2. The quantitative estimate of drug-likeness (QED) is 0.177. The maximum Gasteiger partial charge on any atom is 0.448 e. The molecule has 2 unspecified atom stereocenters. The first-order valence-corrected chi connectivity index (χ1v) is 14.8. The van der Waals surface area contributed by atoms with Gasteiger partial charge >= 0.3 is 7.60 Å². The van der Waals surface area contributed by atoms with Crippen molar-refractivity contribution in [1.29, 1.82) is 5.26 Å². The number of hydrogen-bond donors (Lipinski definition) is 1. The predicted octanol–water partition coefficient (Wildman–Crippen LogP) is 6.22. The molecular formula is C31H29N6O3P. The molecule has 0 spiro atoms. The van der Waals surface area contributed by atoms with E-state index in [1.165, 1.54) is 4.68 Å². The minimum atomic E-state index is -4.09. The van der Waals surface area contributed by atoms with Gasteiger partial charge in [-0.05, 0) is 57.8 Å². The summed E-state index contributed by atoms with van der Waals surface area (Å²) in [6, 6.07) is 37.8. The Bertz CT molecular complexity index is 1580. The average molecular weight is 565 g/mol. The molecule has 1 heterocycles. The number of tetrazole rings is 1. The molecule has 0 saturated carbocycles. The number of aryl methyl sites for hydroxylation is 1. The Balaban J connectivity index is 1.52. The molecular weight excluding hydrogens is 535 g/mol. The molecule has 0 aliphatic rings. The van der Waals surface area contributed by atoms with Crippen LogP contribution in [0.15, 0.2) is 115 Å². The van der Waals surface area contributed by atoms with Gasteiger partial charge in [0.1, 0.15) is 17.3 Å². The van der Waals surface area contributed by atoms with Crippen molar-refractivity contribution in [2.45, 2.75) is 31.1 Å². The fourth-order valence-electron chi connectivity index (χ4n) is 4.49. The van der Waals surface area contributed by atoms with E-state index in [1.807, 2.05) is 54.6 Å². The Labute approximate surface area is 238 Å². The van der Waals surface area contributed by atoms with E-state index in [4.69, 9.17) is 14.8 Å². The van der Waals surface area contributed by atoms with Crippen LogP contribution in [-0.2, 0) is 17.5 Å². The van der Waals surface area contributed by atoms with Crippen molar-refractivity contribution in [3.05, 3.63) is 127 Å². The largest absolute Gasteiger partial charge is 0.448 e. The smallest absolute Gasteiger partial charge is 0.415 e. The fourth-order valence-corrected chi connectivity index (χ4v) is 6.28. The molecule has 4 aromatic carbocycles. The third-order valence-electron chi connectivity index (χ3n) is 6.57. The third kappa shape index (κ3) is 6.87. The SMILES string of the molecule is N#CCCn1nnnc1C(Cc1ccc(-c2ccccc2)cc1)C(N)P(=O)(Oc1ccccc1)Oc1ccccc1. The van der Waals surface area contributed by atoms with Gasteiger partial charge in [0, 0.05) is 0 Å². The van der Waals surface area contributed by atoms with Crippen molar-refractivity contribution in [3.8, 4) is 28.7 Å². The number of para-hydroxylation sites is 2. The van der Waals surface area contributed by atoms with Gasteiger partial charge in [0.05, 0.1) is 25.0 Å². The molecule has 0 aliphatic heterocycles. The van der Waals surface area contributed by atoms with Gasteiger partial charge in [-0.2, -0.15) is 5.26 Å². The minimum absolute atomic E-state index is 0.199. The summed E-state index contributed by atoms with van der Waals surface area (Å²) in [4.78, 5) is 0. The molecule has 1 aromatic heterocycles. The lowest BCUT2D eigenvalue weighted by Crippen LogP contribution is -2.35. The number of rotatable bonds is 12. The van der Waals surface area contributed by atoms with Crippen molar-refractivity contribution in [3.63, 3.8) is 0 Å². The van der Waals surface area contributed by atoms with E-state index in [0.717, 1.165) is 16.7 Å². The van der Waals surface area contributed by atoms with E-state index < -0.39 is 19.3 Å². The fraction of sp³-hybridized carbons (Fsp3) is 0.161. The van der Waals surface area contributed by atoms with Gasteiger partial charge in [-0.1, -0.05) is 91.0 Å². The molecule has 9 nitrogen and oxygen atoms in total. The Morgan fingerprint density at radius 3 is 1.90 bits per heavy atom. The van der Waals surface area contributed by atoms with Gasteiger partial charge < -0.3 is 14.8 Å². The normalized spacial score (nSPS) is 12.7. The van der Waals surface area contributed by atoms with Crippen molar-refractivity contribution < 1.29 is 13.6 Å². The standard InChI is InChI=1S/C31H29N6O3P/c32-21-10-22-37-31(34-35-36-37)29(23-24-17-19-26(20-18-24)25-11-4-1-5-12-25)30(33)41(38,39-27-13-6-2-7-14-27)40-28-15-8-3-9-16-28/h1-9,11-20,29-30H,10,22-23,33H2. The van der Waals surface area contributed by atoms with Crippen LogP contribution in [0.25, 0.3) is 11.1 Å². The van der Waals surface area contributed by atoms with Crippen molar-refractivity contribution in [2.75, 3.05) is 0 Å². The van der Waals surface area contributed by atoms with Gasteiger partial charge in [-0.25, -0.2) is 9.25 Å². The van der Waals surface area contributed by atoms with Crippen LogP contribution in [0.4, 0.5) is 0 Å². The Kier molecular flexibility index (Phi) is 8.85. The Morgan fingerprint density at radius 2 is 1.34 bits per heavy atom. The molecule has 0 radical (unpaired) electrons. The molecule has 0 aliphatic carbocycles. The van der Waals surface area contributed by atoms with Crippen LogP contribution in [0, 0.1) is 11.3 Å². The summed E-state index contributed by atoms with van der Waals surface area (Å²) in [7, 11) is -4.09. The van der Waals surface area contributed by atoms with Gasteiger partial charge in [0.2, 0.25) is 0 Å². The van der Waals surface area contributed by atoms with Gasteiger partial charge in [-0.3, -0.25) is 0 Å². The van der Waals surface area contributed by atoms with Gasteiger partial charge in [0.25, 0.3) is 0 Å². The summed E-state index contributed by atoms with van der Waals surface area (Å²) in [5.74, 6) is -0.726. The maximum absolute atomic E-state index is 14.6. The number of nitriles is 1. The zero-order valence-corrected chi connectivity index (χ0v) is 23.1. The predicted molar refractivity (Wildman–Crippen MR) is 156 cm³/mol. The Hall–Kier alpha value is -4.77. The second kappa shape index (κ2) is 13.1. The maximum atomic E-state index is 14.6. The molecule has 5 rings (SSSR count). The first-order chi connectivity index (χ1) is 20.1. The van der Waals surface area contributed by atoms with Crippen molar-refractivity contribution in [1.82, 2.24) is 20.2 Å². The van der Waals surface area contributed by atoms with Gasteiger partial charge in [-0.15, -0.1) is 5.10 Å². The van der Waals surface area contributed by atoms with Crippen LogP contribution >= 0.6 is 7.60 Å². The van der Waals surface area contributed by atoms with E-state index in [1.54, 1.807) is 48.5 Å². The second-order valence-corrected chi connectivity index (χ2v) is 11.4. The molecule has 0 amide bonds. The second-order valence-electron chi connectivity index (χ2n) is 9.38. The Morgan fingerprint density at radius 1 is 0.805 bits per heavy atom. The van der Waals surface area contributed by atoms with E-state index in [-0.39, 0.29) is 13.0 Å². The lowest BCUT2D eigenvalue weighted by molar-refractivity contribution is 0.357. The minimum Gasteiger partial charge on any atom is -0.415 e. The molecule has 2 atom stereocenters. The highest BCUT2D eigenvalue weighted by molar-refractivity contribution is 7.55. The van der Waals surface area contributed by atoms with Crippen LogP contribution in [0.1, 0.15) is 23.7 Å². The molecule has 41 heavy (non-hydrogen) atoms. The first-order valence-electron chi connectivity index (χ1n) is 13.2. The summed E-state index contributed by atoms with van der Waals surface area (Å²) in [5, 5.41) is 21.4. The lowest BCUT2D eigenvalue weighted by atomic mass is 9.96. The van der Waals surface area contributed by atoms with Crippen LogP contribution in [-0.4, -0.2) is 26.0 Å².